The van der Waals surface area contributed by atoms with E-state index in [2.05, 4.69) is 44.3 Å². The first-order valence-corrected chi connectivity index (χ1v) is 5.86. The van der Waals surface area contributed by atoms with Crippen molar-refractivity contribution in [1.29, 1.82) is 0 Å². The van der Waals surface area contributed by atoms with Crippen LogP contribution in [-0.2, 0) is 6.54 Å². The molecule has 1 heteroatoms. The Morgan fingerprint density at radius 1 is 1.27 bits per heavy atom. The first-order valence-electron chi connectivity index (χ1n) is 5.86. The Morgan fingerprint density at radius 3 is 2.67 bits per heavy atom. The van der Waals surface area contributed by atoms with Crippen LogP contribution in [0.3, 0.4) is 0 Å². The smallest absolute Gasteiger partial charge is 0.0208 e. The summed E-state index contributed by atoms with van der Waals surface area (Å²) in [4.78, 5) is 0. The zero-order valence-corrected chi connectivity index (χ0v) is 10.1. The summed E-state index contributed by atoms with van der Waals surface area (Å²) in [7, 11) is 0. The summed E-state index contributed by atoms with van der Waals surface area (Å²) in [5, 5.41) is 3.57. The molecule has 0 unspecified atom stereocenters. The van der Waals surface area contributed by atoms with Gasteiger partial charge in [0.15, 0.2) is 0 Å². The maximum atomic E-state index is 3.57. The van der Waals surface area contributed by atoms with Crippen molar-refractivity contribution in [3.63, 3.8) is 0 Å². The van der Waals surface area contributed by atoms with E-state index in [1.807, 2.05) is 0 Å². The summed E-state index contributed by atoms with van der Waals surface area (Å²) in [6, 6.07) is 6.68. The highest BCUT2D eigenvalue weighted by Crippen LogP contribution is 2.44. The minimum Gasteiger partial charge on any atom is -0.312 e. The lowest BCUT2D eigenvalue weighted by molar-refractivity contribution is 0.499. The normalized spacial score (nSPS) is 17.8. The molecular formula is C14H21N. The van der Waals surface area contributed by atoms with Gasteiger partial charge in [-0.2, -0.15) is 0 Å². The van der Waals surface area contributed by atoms with Gasteiger partial charge in [-0.3, -0.25) is 0 Å². The molecule has 1 aromatic carbocycles. The van der Waals surface area contributed by atoms with Gasteiger partial charge in [-0.25, -0.2) is 0 Å². The van der Waals surface area contributed by atoms with Crippen LogP contribution in [0.25, 0.3) is 0 Å². The van der Waals surface area contributed by atoms with Crippen molar-refractivity contribution < 1.29 is 0 Å². The first kappa shape index (κ1) is 10.7. The van der Waals surface area contributed by atoms with E-state index in [9.17, 15) is 0 Å². The summed E-state index contributed by atoms with van der Waals surface area (Å²) in [6.07, 6.45) is 2.79. The molecule has 1 nitrogen and oxygen atoms in total. The molecule has 0 heterocycles. The lowest BCUT2D eigenvalue weighted by Gasteiger charge is -2.12. The van der Waals surface area contributed by atoms with Gasteiger partial charge >= 0.3 is 0 Å². The van der Waals surface area contributed by atoms with Gasteiger partial charge in [-0.1, -0.05) is 30.7 Å². The lowest BCUT2D eigenvalue weighted by Crippen LogP contribution is -2.21. The fourth-order valence-corrected chi connectivity index (χ4v) is 1.88. The molecule has 82 valence electrons. The predicted octanol–water partition coefficient (Wildman–Crippen LogP) is 3.19. The van der Waals surface area contributed by atoms with Gasteiger partial charge in [0.2, 0.25) is 0 Å². The van der Waals surface area contributed by atoms with Gasteiger partial charge in [-0.05, 0) is 43.2 Å². The molecule has 1 aliphatic rings. The van der Waals surface area contributed by atoms with E-state index in [0.717, 1.165) is 6.54 Å². The summed E-state index contributed by atoms with van der Waals surface area (Å²) in [5.41, 5.74) is 4.81. The lowest BCUT2D eigenvalue weighted by atomic mass is 10.1. The Labute approximate surface area is 92.9 Å². The van der Waals surface area contributed by atoms with Gasteiger partial charge in [-0.15, -0.1) is 0 Å². The summed E-state index contributed by atoms with van der Waals surface area (Å²) in [6.45, 7) is 8.90. The molecule has 1 fully saturated rings. The van der Waals surface area contributed by atoms with Crippen LogP contribution in [0, 0.1) is 19.3 Å². The third-order valence-electron chi connectivity index (χ3n) is 3.48. The van der Waals surface area contributed by atoms with E-state index in [-0.39, 0.29) is 0 Å². The van der Waals surface area contributed by atoms with Gasteiger partial charge in [0, 0.05) is 13.1 Å². The molecule has 0 radical (unpaired) electrons. The molecule has 0 spiro atoms. The van der Waals surface area contributed by atoms with E-state index >= 15 is 0 Å². The SMILES string of the molecule is Cc1ccc(C)c(CNCC2(C)CC2)c1. The van der Waals surface area contributed by atoms with Gasteiger partial charge in [0.25, 0.3) is 0 Å². The van der Waals surface area contributed by atoms with Crippen LogP contribution in [0.2, 0.25) is 0 Å². The third-order valence-corrected chi connectivity index (χ3v) is 3.48. The largest absolute Gasteiger partial charge is 0.312 e. The molecule has 1 aromatic rings. The van der Waals surface area contributed by atoms with Crippen molar-refractivity contribution in [3.8, 4) is 0 Å². The second-order valence-electron chi connectivity index (χ2n) is 5.34. The van der Waals surface area contributed by atoms with E-state index in [4.69, 9.17) is 0 Å². The molecule has 0 aliphatic heterocycles. The zero-order chi connectivity index (χ0) is 10.9. The standard InChI is InChI=1S/C14H21N/c1-11-4-5-12(2)13(8-11)9-15-10-14(3)6-7-14/h4-5,8,15H,6-7,9-10H2,1-3H3. The average molecular weight is 203 g/mol. The molecule has 0 atom stereocenters. The van der Waals surface area contributed by atoms with Crippen molar-refractivity contribution in [2.45, 2.75) is 40.2 Å². The van der Waals surface area contributed by atoms with Crippen molar-refractivity contribution in [3.05, 3.63) is 34.9 Å². The summed E-state index contributed by atoms with van der Waals surface area (Å²) in [5.74, 6) is 0. The van der Waals surface area contributed by atoms with Crippen LogP contribution in [0.1, 0.15) is 36.5 Å². The Kier molecular flexibility index (Phi) is 2.83. The quantitative estimate of drug-likeness (QED) is 0.792. The van der Waals surface area contributed by atoms with Crippen LogP contribution >= 0.6 is 0 Å². The maximum Gasteiger partial charge on any atom is 0.0208 e. The highest BCUT2D eigenvalue weighted by molar-refractivity contribution is 5.30. The number of nitrogens with one attached hydrogen (secondary N) is 1. The number of rotatable bonds is 4. The molecule has 0 bridgehead atoms. The van der Waals surface area contributed by atoms with Crippen LogP contribution in [0.15, 0.2) is 18.2 Å². The second kappa shape index (κ2) is 3.97. The van der Waals surface area contributed by atoms with E-state index in [1.165, 1.54) is 36.1 Å². The molecule has 1 aliphatic carbocycles. The Balaban J connectivity index is 1.89. The van der Waals surface area contributed by atoms with Gasteiger partial charge < -0.3 is 5.32 Å². The number of benzene rings is 1. The van der Waals surface area contributed by atoms with Gasteiger partial charge in [0.1, 0.15) is 0 Å². The third kappa shape index (κ3) is 2.82. The van der Waals surface area contributed by atoms with Crippen molar-refractivity contribution in [2.24, 2.45) is 5.41 Å². The molecule has 0 saturated heterocycles. The fourth-order valence-electron chi connectivity index (χ4n) is 1.88. The van der Waals surface area contributed by atoms with Crippen LogP contribution in [0.5, 0.6) is 0 Å². The topological polar surface area (TPSA) is 12.0 Å². The average Bonchev–Trinajstić information content (AvgIpc) is 2.90. The highest BCUT2D eigenvalue weighted by Gasteiger charge is 2.36. The van der Waals surface area contributed by atoms with E-state index < -0.39 is 0 Å². The molecule has 2 rings (SSSR count). The summed E-state index contributed by atoms with van der Waals surface area (Å²) < 4.78 is 0. The molecule has 15 heavy (non-hydrogen) atoms. The molecule has 0 aromatic heterocycles. The Morgan fingerprint density at radius 2 is 2.00 bits per heavy atom. The number of aryl methyl sites for hydroxylation is 2. The Bertz CT molecular complexity index is 350. The fraction of sp³-hybridized carbons (Fsp3) is 0.571. The molecule has 1 saturated carbocycles. The van der Waals surface area contributed by atoms with E-state index in [0.29, 0.717) is 5.41 Å². The van der Waals surface area contributed by atoms with Crippen molar-refractivity contribution in [1.82, 2.24) is 5.32 Å². The Hall–Kier alpha value is -0.820. The van der Waals surface area contributed by atoms with Crippen LogP contribution in [0.4, 0.5) is 0 Å². The maximum absolute atomic E-state index is 3.57. The number of hydrogen-bond donors (Lipinski definition) is 1. The predicted molar refractivity (Wildman–Crippen MR) is 65.0 cm³/mol. The van der Waals surface area contributed by atoms with Crippen molar-refractivity contribution in [2.75, 3.05) is 6.54 Å². The van der Waals surface area contributed by atoms with E-state index in [1.54, 1.807) is 0 Å². The minimum atomic E-state index is 0.609. The zero-order valence-electron chi connectivity index (χ0n) is 10.1. The second-order valence-corrected chi connectivity index (χ2v) is 5.34. The van der Waals surface area contributed by atoms with Crippen molar-refractivity contribution >= 4 is 0 Å². The van der Waals surface area contributed by atoms with Crippen LogP contribution in [-0.4, -0.2) is 6.54 Å². The van der Waals surface area contributed by atoms with Crippen LogP contribution < -0.4 is 5.32 Å². The molecular weight excluding hydrogens is 182 g/mol. The molecule has 1 N–H and O–H groups in total. The minimum absolute atomic E-state index is 0.609. The van der Waals surface area contributed by atoms with Gasteiger partial charge in [0.05, 0.1) is 0 Å². The summed E-state index contributed by atoms with van der Waals surface area (Å²) >= 11 is 0. The monoisotopic (exact) mass is 203 g/mol. The first-order chi connectivity index (χ1) is 7.09. The molecule has 0 amide bonds. The highest BCUT2D eigenvalue weighted by atomic mass is 14.9. The number of hydrogen-bond acceptors (Lipinski definition) is 1.